The van der Waals surface area contributed by atoms with E-state index in [0.29, 0.717) is 37.4 Å². The number of aromatic nitrogens is 4. The lowest BCUT2D eigenvalue weighted by Gasteiger charge is -2.23. The molecule has 0 radical (unpaired) electrons. The van der Waals surface area contributed by atoms with Crippen LogP contribution in [0.4, 0.5) is 13.2 Å². The molecule has 6 nitrogen and oxygen atoms in total. The maximum absolute atomic E-state index is 12.7. The molecule has 3 heterocycles. The first-order chi connectivity index (χ1) is 11.3. The lowest BCUT2D eigenvalue weighted by atomic mass is 9.99. The van der Waals surface area contributed by atoms with Gasteiger partial charge in [-0.15, -0.1) is 0 Å². The summed E-state index contributed by atoms with van der Waals surface area (Å²) < 4.78 is 41.3. The normalized spacial score (nSPS) is 17.6. The summed E-state index contributed by atoms with van der Waals surface area (Å²) in [6.45, 7) is 0.868. The molecule has 0 unspecified atom stereocenters. The van der Waals surface area contributed by atoms with Gasteiger partial charge in [-0.3, -0.25) is 9.48 Å². The Morgan fingerprint density at radius 1 is 1.46 bits per heavy atom. The highest BCUT2D eigenvalue weighted by molar-refractivity contribution is 5.78. The highest BCUT2D eigenvalue weighted by Crippen LogP contribution is 2.30. The van der Waals surface area contributed by atoms with E-state index in [4.69, 9.17) is 0 Å². The lowest BCUT2D eigenvalue weighted by Crippen LogP contribution is -2.34. The van der Waals surface area contributed by atoms with Gasteiger partial charge in [0.05, 0.1) is 12.1 Å². The number of imidazole rings is 1. The molecular weight excluding hydrogens is 323 g/mol. The van der Waals surface area contributed by atoms with Gasteiger partial charge in [0, 0.05) is 39.0 Å². The number of hydrogen-bond acceptors (Lipinski definition) is 3. The van der Waals surface area contributed by atoms with E-state index in [1.165, 1.54) is 0 Å². The molecule has 0 saturated carbocycles. The number of nitrogens with one attached hydrogen (secondary N) is 1. The predicted molar refractivity (Wildman–Crippen MR) is 79.0 cm³/mol. The van der Waals surface area contributed by atoms with Crippen molar-refractivity contribution in [1.82, 2.24) is 24.6 Å². The summed E-state index contributed by atoms with van der Waals surface area (Å²) in [6.07, 6.45) is -0.215. The van der Waals surface area contributed by atoms with Crippen LogP contribution in [-0.4, -0.2) is 31.8 Å². The number of nitrogens with zero attached hydrogens (tertiary/aromatic N) is 4. The molecule has 1 N–H and O–H groups in total. The van der Waals surface area contributed by atoms with E-state index in [9.17, 15) is 18.0 Å². The second kappa shape index (κ2) is 6.29. The Kier molecular flexibility index (Phi) is 4.33. The molecule has 0 spiro atoms. The number of hydrogen-bond donors (Lipinski definition) is 1. The third kappa shape index (κ3) is 3.77. The topological polar surface area (TPSA) is 64.7 Å². The zero-order chi connectivity index (χ0) is 17.3. The Labute approximate surface area is 136 Å². The highest BCUT2D eigenvalue weighted by Gasteiger charge is 2.35. The van der Waals surface area contributed by atoms with E-state index in [1.807, 2.05) is 0 Å². The molecule has 130 valence electrons. The Bertz CT molecular complexity index is 734. The predicted octanol–water partition coefficient (Wildman–Crippen LogP) is 1.56. The summed E-state index contributed by atoms with van der Waals surface area (Å²) in [5.41, 5.74) is -0.164. The molecule has 1 atom stereocenters. The number of rotatable bonds is 4. The zero-order valence-electron chi connectivity index (χ0n) is 13.2. The minimum absolute atomic E-state index is 0.0977. The van der Waals surface area contributed by atoms with Gasteiger partial charge in [-0.25, -0.2) is 4.98 Å². The van der Waals surface area contributed by atoms with Gasteiger partial charge in [0.1, 0.15) is 5.82 Å². The van der Waals surface area contributed by atoms with Crippen LogP contribution < -0.4 is 5.32 Å². The fraction of sp³-hybridized carbons (Fsp3) is 0.533. The monoisotopic (exact) mass is 341 g/mol. The second-order valence-corrected chi connectivity index (χ2v) is 6.06. The summed E-state index contributed by atoms with van der Waals surface area (Å²) in [5, 5.41) is 6.97. The molecule has 0 saturated heterocycles. The summed E-state index contributed by atoms with van der Waals surface area (Å²) in [5.74, 6) is 0.417. The second-order valence-electron chi connectivity index (χ2n) is 6.06. The Morgan fingerprint density at radius 2 is 2.25 bits per heavy atom. The van der Waals surface area contributed by atoms with Crippen LogP contribution in [0, 0.1) is 5.92 Å². The number of halogens is 3. The fourth-order valence-electron chi connectivity index (χ4n) is 2.86. The van der Waals surface area contributed by atoms with Crippen LogP contribution >= 0.6 is 0 Å². The van der Waals surface area contributed by atoms with Crippen molar-refractivity contribution in [3.8, 4) is 0 Å². The van der Waals surface area contributed by atoms with Crippen molar-refractivity contribution in [2.75, 3.05) is 6.54 Å². The van der Waals surface area contributed by atoms with Crippen LogP contribution in [0.2, 0.25) is 0 Å². The summed E-state index contributed by atoms with van der Waals surface area (Å²) >= 11 is 0. The number of aryl methyl sites for hydroxylation is 2. The first-order valence-electron chi connectivity index (χ1n) is 7.69. The van der Waals surface area contributed by atoms with Crippen LogP contribution in [0.25, 0.3) is 0 Å². The molecule has 1 aliphatic rings. The summed E-state index contributed by atoms with van der Waals surface area (Å²) in [6, 6.07) is 1.77. The van der Waals surface area contributed by atoms with Gasteiger partial charge in [0.15, 0.2) is 5.69 Å². The van der Waals surface area contributed by atoms with Crippen molar-refractivity contribution >= 4 is 5.91 Å². The minimum Gasteiger partial charge on any atom is -0.355 e. The minimum atomic E-state index is -4.42. The molecule has 0 aromatic carbocycles. The summed E-state index contributed by atoms with van der Waals surface area (Å²) in [7, 11) is 1.78. The molecule has 0 fully saturated rings. The standard InChI is InChI=1S/C15H18F3N5O/c1-22-5-4-11(21-22)6-14(24)19-7-10-2-3-13-20-12(15(16,17)18)9-23(13)8-10/h4-5,9-10H,2-3,6-8H2,1H3,(H,19,24)/t10-/m1/s1. The van der Waals surface area contributed by atoms with Crippen molar-refractivity contribution < 1.29 is 18.0 Å². The number of carbonyl (C=O) groups is 1. The quantitative estimate of drug-likeness (QED) is 0.918. The van der Waals surface area contributed by atoms with E-state index in [-0.39, 0.29) is 18.2 Å². The molecule has 0 bridgehead atoms. The SMILES string of the molecule is Cn1ccc(CC(=O)NC[C@H]2CCc3nc(C(F)(F)F)cn3C2)n1. The van der Waals surface area contributed by atoms with Crippen LogP contribution in [0.5, 0.6) is 0 Å². The molecular formula is C15H18F3N5O. The first-order valence-corrected chi connectivity index (χ1v) is 7.69. The smallest absolute Gasteiger partial charge is 0.355 e. The van der Waals surface area contributed by atoms with E-state index < -0.39 is 11.9 Å². The summed E-state index contributed by atoms with van der Waals surface area (Å²) in [4.78, 5) is 15.6. The van der Waals surface area contributed by atoms with E-state index in [1.54, 1.807) is 28.6 Å². The maximum atomic E-state index is 12.7. The van der Waals surface area contributed by atoms with Gasteiger partial charge in [0.2, 0.25) is 5.91 Å². The first kappa shape index (κ1) is 16.5. The lowest BCUT2D eigenvalue weighted by molar-refractivity contribution is -0.141. The van der Waals surface area contributed by atoms with Gasteiger partial charge in [0.25, 0.3) is 0 Å². The molecule has 3 rings (SSSR count). The highest BCUT2D eigenvalue weighted by atomic mass is 19.4. The number of carbonyl (C=O) groups excluding carboxylic acids is 1. The molecule has 0 aliphatic carbocycles. The van der Waals surface area contributed by atoms with Crippen molar-refractivity contribution in [3.05, 3.63) is 35.7 Å². The van der Waals surface area contributed by atoms with Crippen LogP contribution in [0.1, 0.15) is 23.6 Å². The Balaban J connectivity index is 1.52. The van der Waals surface area contributed by atoms with Crippen LogP contribution in [0.15, 0.2) is 18.5 Å². The molecule has 1 amide bonds. The Hall–Kier alpha value is -2.32. The number of amides is 1. The molecule has 2 aromatic heterocycles. The van der Waals surface area contributed by atoms with Gasteiger partial charge >= 0.3 is 6.18 Å². The van der Waals surface area contributed by atoms with Gasteiger partial charge in [-0.1, -0.05) is 0 Å². The van der Waals surface area contributed by atoms with Gasteiger partial charge in [-0.05, 0) is 18.4 Å². The molecule has 1 aliphatic heterocycles. The fourth-order valence-corrected chi connectivity index (χ4v) is 2.86. The van der Waals surface area contributed by atoms with Gasteiger partial charge < -0.3 is 9.88 Å². The third-order valence-corrected chi connectivity index (χ3v) is 4.08. The zero-order valence-corrected chi connectivity index (χ0v) is 13.2. The van der Waals surface area contributed by atoms with Crippen molar-refractivity contribution in [3.63, 3.8) is 0 Å². The molecule has 24 heavy (non-hydrogen) atoms. The van der Waals surface area contributed by atoms with Gasteiger partial charge in [-0.2, -0.15) is 18.3 Å². The van der Waals surface area contributed by atoms with Crippen molar-refractivity contribution in [2.45, 2.75) is 32.0 Å². The van der Waals surface area contributed by atoms with E-state index >= 15 is 0 Å². The number of alkyl halides is 3. The molecule has 9 heteroatoms. The van der Waals surface area contributed by atoms with Crippen LogP contribution in [-0.2, 0) is 37.4 Å². The Morgan fingerprint density at radius 3 is 2.92 bits per heavy atom. The average Bonchev–Trinajstić information content (AvgIpc) is 3.10. The van der Waals surface area contributed by atoms with E-state index in [2.05, 4.69) is 15.4 Å². The third-order valence-electron chi connectivity index (χ3n) is 4.08. The van der Waals surface area contributed by atoms with Crippen molar-refractivity contribution in [1.29, 1.82) is 0 Å². The van der Waals surface area contributed by atoms with Crippen molar-refractivity contribution in [2.24, 2.45) is 13.0 Å². The van der Waals surface area contributed by atoms with E-state index in [0.717, 1.165) is 6.20 Å². The maximum Gasteiger partial charge on any atom is 0.434 e. The average molecular weight is 341 g/mol. The molecule has 2 aromatic rings. The van der Waals surface area contributed by atoms with Crippen LogP contribution in [0.3, 0.4) is 0 Å². The number of fused-ring (bicyclic) bond motifs is 1. The largest absolute Gasteiger partial charge is 0.434 e.